The molecule has 0 aromatic heterocycles. The standard InChI is InChI=1S/C12H10.2CH2O2/c1-3-7-11(8-4-1)12-9-5-2-6-10-12;2*2-1-3/h1-10H;2*1H,(H,2,3). The van der Waals surface area contributed by atoms with Gasteiger partial charge in [-0.05, 0) is 11.1 Å². The van der Waals surface area contributed by atoms with E-state index < -0.39 is 0 Å². The summed E-state index contributed by atoms with van der Waals surface area (Å²) in [5, 5.41) is 13.8. The third-order valence-electron chi connectivity index (χ3n) is 1.88. The molecule has 0 radical (unpaired) electrons. The summed E-state index contributed by atoms with van der Waals surface area (Å²) >= 11 is 0. The number of benzene rings is 2. The third-order valence-corrected chi connectivity index (χ3v) is 1.88. The largest absolute Gasteiger partial charge is 0.483 e. The first-order valence-corrected chi connectivity index (χ1v) is 5.06. The summed E-state index contributed by atoms with van der Waals surface area (Å²) in [6, 6.07) is 20.8. The van der Waals surface area contributed by atoms with Crippen LogP contribution in [-0.4, -0.2) is 23.2 Å². The van der Waals surface area contributed by atoms with Crippen LogP contribution in [0.3, 0.4) is 0 Å². The van der Waals surface area contributed by atoms with Gasteiger partial charge in [0, 0.05) is 0 Å². The fraction of sp³-hybridized carbons (Fsp3) is 0. The molecular weight excluding hydrogens is 232 g/mol. The average molecular weight is 246 g/mol. The van der Waals surface area contributed by atoms with Crippen LogP contribution in [0.5, 0.6) is 0 Å². The first-order chi connectivity index (χ1) is 8.79. The van der Waals surface area contributed by atoms with Gasteiger partial charge in [0.2, 0.25) is 0 Å². The van der Waals surface area contributed by atoms with Crippen molar-refractivity contribution in [3.05, 3.63) is 60.7 Å². The lowest BCUT2D eigenvalue weighted by Crippen LogP contribution is -1.73. The second-order valence-electron chi connectivity index (χ2n) is 2.94. The minimum Gasteiger partial charge on any atom is -0.483 e. The van der Waals surface area contributed by atoms with E-state index in [4.69, 9.17) is 19.8 Å². The van der Waals surface area contributed by atoms with Gasteiger partial charge in [-0.1, -0.05) is 60.7 Å². The summed E-state index contributed by atoms with van der Waals surface area (Å²) in [6.07, 6.45) is 0. The average Bonchev–Trinajstić information content (AvgIpc) is 2.43. The number of hydrogen-bond donors (Lipinski definition) is 2. The summed E-state index contributed by atoms with van der Waals surface area (Å²) in [7, 11) is 0. The van der Waals surface area contributed by atoms with Gasteiger partial charge in [0.05, 0.1) is 0 Å². The van der Waals surface area contributed by atoms with E-state index in [-0.39, 0.29) is 12.9 Å². The summed E-state index contributed by atoms with van der Waals surface area (Å²) in [5.41, 5.74) is 2.55. The van der Waals surface area contributed by atoms with E-state index in [1.165, 1.54) is 11.1 Å². The van der Waals surface area contributed by atoms with Gasteiger partial charge in [-0.15, -0.1) is 0 Å². The van der Waals surface area contributed by atoms with E-state index in [0.29, 0.717) is 0 Å². The molecule has 0 amide bonds. The number of carboxylic acid groups (broad SMARTS) is 2. The molecule has 4 nitrogen and oxygen atoms in total. The summed E-state index contributed by atoms with van der Waals surface area (Å²) < 4.78 is 0. The van der Waals surface area contributed by atoms with Crippen molar-refractivity contribution >= 4 is 12.9 Å². The molecule has 0 aliphatic heterocycles. The SMILES string of the molecule is O=CO.O=CO.c1ccc(-c2ccccc2)cc1. The Hall–Kier alpha value is -2.62. The Labute approximate surface area is 105 Å². The summed E-state index contributed by atoms with van der Waals surface area (Å²) in [6.45, 7) is -0.500. The zero-order chi connectivity index (χ0) is 13.6. The van der Waals surface area contributed by atoms with E-state index in [1.807, 2.05) is 12.1 Å². The van der Waals surface area contributed by atoms with E-state index in [1.54, 1.807) is 0 Å². The van der Waals surface area contributed by atoms with Crippen LogP contribution in [0.2, 0.25) is 0 Å². The zero-order valence-electron chi connectivity index (χ0n) is 9.64. The Balaban J connectivity index is 0.000000414. The number of hydrogen-bond acceptors (Lipinski definition) is 2. The highest BCUT2D eigenvalue weighted by atomic mass is 16.3. The Kier molecular flexibility index (Phi) is 9.30. The Morgan fingerprint density at radius 1 is 0.611 bits per heavy atom. The molecule has 0 aliphatic carbocycles. The first-order valence-electron chi connectivity index (χ1n) is 5.06. The number of rotatable bonds is 1. The topological polar surface area (TPSA) is 74.6 Å². The molecule has 2 aromatic rings. The quantitative estimate of drug-likeness (QED) is 0.759. The predicted octanol–water partition coefficient (Wildman–Crippen LogP) is 2.76. The maximum absolute atomic E-state index is 8.36. The molecule has 0 heterocycles. The second-order valence-corrected chi connectivity index (χ2v) is 2.94. The highest BCUT2D eigenvalue weighted by molar-refractivity contribution is 5.62. The van der Waals surface area contributed by atoms with Crippen molar-refractivity contribution in [3.8, 4) is 11.1 Å². The van der Waals surface area contributed by atoms with Gasteiger partial charge in [-0.25, -0.2) is 0 Å². The van der Waals surface area contributed by atoms with Crippen LogP contribution in [-0.2, 0) is 9.59 Å². The van der Waals surface area contributed by atoms with Crippen molar-refractivity contribution in [3.63, 3.8) is 0 Å². The van der Waals surface area contributed by atoms with Crippen LogP contribution in [0, 0.1) is 0 Å². The minimum atomic E-state index is -0.250. The lowest BCUT2D eigenvalue weighted by molar-refractivity contribution is -0.123. The van der Waals surface area contributed by atoms with Gasteiger partial charge in [-0.2, -0.15) is 0 Å². The Morgan fingerprint density at radius 2 is 0.833 bits per heavy atom. The highest BCUT2D eigenvalue weighted by Gasteiger charge is 1.91. The van der Waals surface area contributed by atoms with Crippen molar-refractivity contribution in [2.75, 3.05) is 0 Å². The molecule has 0 spiro atoms. The monoisotopic (exact) mass is 246 g/mol. The lowest BCUT2D eigenvalue weighted by Gasteiger charge is -1.98. The van der Waals surface area contributed by atoms with Gasteiger partial charge < -0.3 is 10.2 Å². The molecule has 0 saturated heterocycles. The van der Waals surface area contributed by atoms with Crippen LogP contribution >= 0.6 is 0 Å². The van der Waals surface area contributed by atoms with Gasteiger partial charge >= 0.3 is 0 Å². The second kappa shape index (κ2) is 10.9. The number of carbonyl (C=O) groups is 2. The minimum absolute atomic E-state index is 0.250. The van der Waals surface area contributed by atoms with Crippen LogP contribution in [0.1, 0.15) is 0 Å². The van der Waals surface area contributed by atoms with E-state index >= 15 is 0 Å². The summed E-state index contributed by atoms with van der Waals surface area (Å²) in [4.78, 5) is 16.7. The smallest absolute Gasteiger partial charge is 0.290 e. The van der Waals surface area contributed by atoms with Crippen molar-refractivity contribution < 1.29 is 19.8 Å². The molecular formula is C14H14O4. The molecule has 0 atom stereocenters. The van der Waals surface area contributed by atoms with Crippen LogP contribution < -0.4 is 0 Å². The molecule has 0 bridgehead atoms. The van der Waals surface area contributed by atoms with Crippen molar-refractivity contribution in [2.45, 2.75) is 0 Å². The summed E-state index contributed by atoms with van der Waals surface area (Å²) in [5.74, 6) is 0. The van der Waals surface area contributed by atoms with Crippen LogP contribution in [0.25, 0.3) is 11.1 Å². The molecule has 94 valence electrons. The Bertz CT molecular complexity index is 383. The van der Waals surface area contributed by atoms with E-state index in [2.05, 4.69) is 48.5 Å². The molecule has 0 aliphatic rings. The van der Waals surface area contributed by atoms with Gasteiger partial charge in [0.1, 0.15) is 0 Å². The zero-order valence-corrected chi connectivity index (χ0v) is 9.64. The molecule has 2 rings (SSSR count). The van der Waals surface area contributed by atoms with Gasteiger partial charge in [0.15, 0.2) is 0 Å². The lowest BCUT2D eigenvalue weighted by atomic mass is 10.1. The molecule has 0 fully saturated rings. The molecule has 2 N–H and O–H groups in total. The first kappa shape index (κ1) is 15.4. The van der Waals surface area contributed by atoms with Gasteiger partial charge in [-0.3, -0.25) is 9.59 Å². The van der Waals surface area contributed by atoms with Gasteiger partial charge in [0.25, 0.3) is 12.9 Å². The maximum Gasteiger partial charge on any atom is 0.290 e. The van der Waals surface area contributed by atoms with E-state index in [0.717, 1.165) is 0 Å². The van der Waals surface area contributed by atoms with Crippen molar-refractivity contribution in [1.29, 1.82) is 0 Å². The Morgan fingerprint density at radius 3 is 1.06 bits per heavy atom. The van der Waals surface area contributed by atoms with Crippen LogP contribution in [0.15, 0.2) is 60.7 Å². The van der Waals surface area contributed by atoms with Crippen molar-refractivity contribution in [1.82, 2.24) is 0 Å². The highest BCUT2D eigenvalue weighted by Crippen LogP contribution is 2.17. The van der Waals surface area contributed by atoms with E-state index in [9.17, 15) is 0 Å². The molecule has 2 aromatic carbocycles. The molecule has 4 heteroatoms. The maximum atomic E-state index is 8.36. The van der Waals surface area contributed by atoms with Crippen LogP contribution in [0.4, 0.5) is 0 Å². The normalized spacial score (nSPS) is 7.78. The molecule has 18 heavy (non-hydrogen) atoms. The molecule has 0 unspecified atom stereocenters. The predicted molar refractivity (Wildman–Crippen MR) is 69.3 cm³/mol. The third kappa shape index (κ3) is 6.79. The fourth-order valence-corrected chi connectivity index (χ4v) is 1.26. The van der Waals surface area contributed by atoms with Crippen molar-refractivity contribution in [2.24, 2.45) is 0 Å². The molecule has 0 saturated carbocycles. The fourth-order valence-electron chi connectivity index (χ4n) is 1.26.